The molecule has 0 fully saturated rings. The average Bonchev–Trinajstić information content (AvgIpc) is 2.53. The van der Waals surface area contributed by atoms with Crippen molar-refractivity contribution in [3.63, 3.8) is 0 Å². The summed E-state index contributed by atoms with van der Waals surface area (Å²) in [6.07, 6.45) is 0.929. The van der Waals surface area contributed by atoms with Gasteiger partial charge < -0.3 is 10.6 Å². The van der Waals surface area contributed by atoms with Crippen LogP contribution in [0.3, 0.4) is 0 Å². The molecule has 0 bridgehead atoms. The van der Waals surface area contributed by atoms with Gasteiger partial charge in [-0.3, -0.25) is 4.79 Å². The molecule has 4 heteroatoms. The molecule has 0 saturated carbocycles. The number of rotatable bonds is 5. The van der Waals surface area contributed by atoms with Crippen molar-refractivity contribution < 1.29 is 9.18 Å². The van der Waals surface area contributed by atoms with E-state index < -0.39 is 0 Å². The molecule has 1 amide bonds. The predicted molar refractivity (Wildman–Crippen MR) is 82.4 cm³/mol. The second kappa shape index (κ2) is 6.99. The molecule has 2 rings (SSSR count). The smallest absolute Gasteiger partial charge is 0.226 e. The molecule has 0 aliphatic rings. The lowest BCUT2D eigenvalue weighted by Crippen LogP contribution is -2.27. The summed E-state index contributed by atoms with van der Waals surface area (Å²) in [5.74, 6) is -0.348. The van der Waals surface area contributed by atoms with E-state index in [0.29, 0.717) is 18.5 Å². The van der Waals surface area contributed by atoms with Gasteiger partial charge in [0.2, 0.25) is 5.91 Å². The van der Waals surface area contributed by atoms with E-state index >= 15 is 0 Å². The fourth-order valence-corrected chi connectivity index (χ4v) is 2.12. The van der Waals surface area contributed by atoms with Crippen molar-refractivity contribution in [3.8, 4) is 0 Å². The highest BCUT2D eigenvalue weighted by molar-refractivity contribution is 5.92. The fraction of sp³-hybridized carbons (Fsp3) is 0.235. The molecule has 2 aromatic rings. The number of nitrogens with two attached hydrogens (primary N) is 1. The van der Waals surface area contributed by atoms with Crippen LogP contribution in [0.4, 0.5) is 10.1 Å². The fourth-order valence-electron chi connectivity index (χ4n) is 2.12. The molecule has 0 saturated heterocycles. The summed E-state index contributed by atoms with van der Waals surface area (Å²) in [4.78, 5) is 13.7. The zero-order valence-electron chi connectivity index (χ0n) is 12.0. The molecule has 3 nitrogen and oxygen atoms in total. The molecule has 2 aromatic carbocycles. The molecule has 1 unspecified atom stereocenters. The maximum Gasteiger partial charge on any atom is 0.226 e. The summed E-state index contributed by atoms with van der Waals surface area (Å²) in [5.41, 5.74) is 7.78. The van der Waals surface area contributed by atoms with Crippen molar-refractivity contribution in [2.75, 3.05) is 11.9 Å². The van der Waals surface area contributed by atoms with Gasteiger partial charge in [-0.25, -0.2) is 4.39 Å². The molecular formula is C17H19FN2O. The van der Waals surface area contributed by atoms with Gasteiger partial charge in [0.15, 0.2) is 0 Å². The number of hydrogen-bond donors (Lipinski definition) is 1. The van der Waals surface area contributed by atoms with Crippen LogP contribution >= 0.6 is 0 Å². The van der Waals surface area contributed by atoms with E-state index in [1.165, 1.54) is 17.0 Å². The van der Waals surface area contributed by atoms with Crippen LogP contribution in [-0.2, 0) is 4.79 Å². The molecule has 0 aliphatic heterocycles. The first-order chi connectivity index (χ1) is 10.1. The third kappa shape index (κ3) is 4.13. The van der Waals surface area contributed by atoms with E-state index in [0.717, 1.165) is 5.56 Å². The van der Waals surface area contributed by atoms with Gasteiger partial charge in [-0.2, -0.15) is 0 Å². The van der Waals surface area contributed by atoms with Crippen LogP contribution in [-0.4, -0.2) is 13.0 Å². The van der Waals surface area contributed by atoms with Gasteiger partial charge >= 0.3 is 0 Å². The summed E-state index contributed by atoms with van der Waals surface area (Å²) in [6, 6.07) is 15.4. The Morgan fingerprint density at radius 2 is 1.76 bits per heavy atom. The van der Waals surface area contributed by atoms with Crippen LogP contribution in [0.25, 0.3) is 0 Å². The van der Waals surface area contributed by atoms with Crippen LogP contribution in [0, 0.1) is 5.82 Å². The number of carbonyl (C=O) groups excluding carboxylic acids is 1. The monoisotopic (exact) mass is 286 g/mol. The van der Waals surface area contributed by atoms with E-state index in [-0.39, 0.29) is 17.8 Å². The van der Waals surface area contributed by atoms with Gasteiger partial charge in [0.25, 0.3) is 0 Å². The number of amides is 1. The first kappa shape index (κ1) is 15.2. The van der Waals surface area contributed by atoms with Crippen LogP contribution in [0.5, 0.6) is 0 Å². The lowest BCUT2D eigenvalue weighted by molar-refractivity contribution is -0.118. The normalized spacial score (nSPS) is 12.0. The Morgan fingerprint density at radius 3 is 2.38 bits per heavy atom. The molecule has 0 heterocycles. The predicted octanol–water partition coefficient (Wildman–Crippen LogP) is 3.27. The Hall–Kier alpha value is -2.20. The summed E-state index contributed by atoms with van der Waals surface area (Å²) < 4.78 is 12.9. The van der Waals surface area contributed by atoms with Gasteiger partial charge in [0.05, 0.1) is 0 Å². The SMILES string of the molecule is CN(C(=O)CCC(N)c1ccccc1)c1ccc(F)cc1. The Labute approximate surface area is 124 Å². The largest absolute Gasteiger partial charge is 0.324 e. The lowest BCUT2D eigenvalue weighted by Gasteiger charge is -2.19. The highest BCUT2D eigenvalue weighted by Crippen LogP contribution is 2.18. The summed E-state index contributed by atoms with van der Waals surface area (Å²) in [5, 5.41) is 0. The Balaban J connectivity index is 1.91. The number of carbonyl (C=O) groups is 1. The molecule has 1 atom stereocenters. The van der Waals surface area contributed by atoms with E-state index in [2.05, 4.69) is 0 Å². The third-order valence-corrected chi connectivity index (χ3v) is 3.48. The van der Waals surface area contributed by atoms with Crippen molar-refractivity contribution in [1.82, 2.24) is 0 Å². The van der Waals surface area contributed by atoms with E-state index in [1.807, 2.05) is 30.3 Å². The molecule has 21 heavy (non-hydrogen) atoms. The van der Waals surface area contributed by atoms with Crippen molar-refractivity contribution in [2.45, 2.75) is 18.9 Å². The highest BCUT2D eigenvalue weighted by Gasteiger charge is 2.13. The molecule has 0 aliphatic carbocycles. The number of nitrogens with zero attached hydrogens (tertiary/aromatic N) is 1. The number of hydrogen-bond acceptors (Lipinski definition) is 2. The number of anilines is 1. The molecule has 110 valence electrons. The molecular weight excluding hydrogens is 267 g/mol. The second-order valence-electron chi connectivity index (χ2n) is 4.99. The molecule has 0 aromatic heterocycles. The molecule has 0 radical (unpaired) electrons. The minimum absolute atomic E-state index is 0.0343. The zero-order valence-corrected chi connectivity index (χ0v) is 12.0. The van der Waals surface area contributed by atoms with Gasteiger partial charge in [0.1, 0.15) is 5.82 Å². The Kier molecular flexibility index (Phi) is 5.06. The van der Waals surface area contributed by atoms with Crippen LogP contribution < -0.4 is 10.6 Å². The van der Waals surface area contributed by atoms with Crippen LogP contribution in [0.1, 0.15) is 24.4 Å². The van der Waals surface area contributed by atoms with Crippen LogP contribution in [0.15, 0.2) is 54.6 Å². The summed E-state index contributed by atoms with van der Waals surface area (Å²) in [7, 11) is 1.68. The summed E-state index contributed by atoms with van der Waals surface area (Å²) >= 11 is 0. The quantitative estimate of drug-likeness (QED) is 0.917. The minimum Gasteiger partial charge on any atom is -0.324 e. The zero-order chi connectivity index (χ0) is 15.2. The van der Waals surface area contributed by atoms with E-state index in [4.69, 9.17) is 5.73 Å². The maximum atomic E-state index is 12.9. The standard InChI is InChI=1S/C17H19FN2O/c1-20(15-9-7-14(18)8-10-15)17(21)12-11-16(19)13-5-3-2-4-6-13/h2-10,16H,11-12,19H2,1H3. The van der Waals surface area contributed by atoms with Gasteiger partial charge in [-0.1, -0.05) is 30.3 Å². The topological polar surface area (TPSA) is 46.3 Å². The Morgan fingerprint density at radius 1 is 1.14 bits per heavy atom. The number of benzene rings is 2. The molecule has 2 N–H and O–H groups in total. The van der Waals surface area contributed by atoms with Crippen molar-refractivity contribution in [1.29, 1.82) is 0 Å². The lowest BCUT2D eigenvalue weighted by atomic mass is 10.0. The number of halogens is 1. The molecule has 0 spiro atoms. The highest BCUT2D eigenvalue weighted by atomic mass is 19.1. The maximum absolute atomic E-state index is 12.9. The summed E-state index contributed by atoms with van der Waals surface area (Å²) in [6.45, 7) is 0. The van der Waals surface area contributed by atoms with Gasteiger partial charge in [0, 0.05) is 25.2 Å². The van der Waals surface area contributed by atoms with Gasteiger partial charge in [-0.15, -0.1) is 0 Å². The third-order valence-electron chi connectivity index (χ3n) is 3.48. The van der Waals surface area contributed by atoms with E-state index in [9.17, 15) is 9.18 Å². The Bertz CT molecular complexity index is 583. The van der Waals surface area contributed by atoms with Crippen molar-refractivity contribution >= 4 is 11.6 Å². The minimum atomic E-state index is -0.314. The van der Waals surface area contributed by atoms with Crippen molar-refractivity contribution in [2.24, 2.45) is 5.73 Å². The first-order valence-electron chi connectivity index (χ1n) is 6.90. The first-order valence-corrected chi connectivity index (χ1v) is 6.90. The van der Waals surface area contributed by atoms with Gasteiger partial charge in [-0.05, 0) is 36.2 Å². The average molecular weight is 286 g/mol. The van der Waals surface area contributed by atoms with Crippen molar-refractivity contribution in [3.05, 3.63) is 66.0 Å². The van der Waals surface area contributed by atoms with E-state index in [1.54, 1.807) is 19.2 Å². The second-order valence-corrected chi connectivity index (χ2v) is 4.99. The van der Waals surface area contributed by atoms with Crippen LogP contribution in [0.2, 0.25) is 0 Å².